The van der Waals surface area contributed by atoms with Crippen LogP contribution >= 0.6 is 0 Å². The van der Waals surface area contributed by atoms with E-state index in [-0.39, 0.29) is 59.8 Å². The summed E-state index contributed by atoms with van der Waals surface area (Å²) in [6.07, 6.45) is 5.09. The van der Waals surface area contributed by atoms with E-state index in [2.05, 4.69) is 73.2 Å². The molecule has 4 aromatic carbocycles. The first-order valence-electron chi connectivity index (χ1n) is 26.6. The van der Waals surface area contributed by atoms with Crippen LogP contribution < -0.4 is 31.9 Å². The van der Waals surface area contributed by atoms with Crippen LogP contribution in [0, 0.1) is 0 Å². The molecular formula is C58H76N8O7. The maximum absolute atomic E-state index is 14.4. The Balaban J connectivity index is 0.812. The summed E-state index contributed by atoms with van der Waals surface area (Å²) in [6.45, 7) is 9.84. The van der Waals surface area contributed by atoms with Gasteiger partial charge in [-0.05, 0) is 131 Å². The molecule has 2 aliphatic heterocycles. The van der Waals surface area contributed by atoms with Gasteiger partial charge in [-0.15, -0.1) is 0 Å². The zero-order valence-corrected chi connectivity index (χ0v) is 43.5. The molecule has 390 valence electrons. The topological polar surface area (TPSA) is 182 Å². The minimum atomic E-state index is -0.989. The van der Waals surface area contributed by atoms with E-state index < -0.39 is 30.3 Å². The molecule has 2 heterocycles. The van der Waals surface area contributed by atoms with E-state index in [4.69, 9.17) is 9.47 Å². The Hall–Kier alpha value is -5.97. The third kappa shape index (κ3) is 12.2. The summed E-state index contributed by atoms with van der Waals surface area (Å²) in [5.74, 6) is -1.02. The third-order valence-electron chi connectivity index (χ3n) is 15.6. The van der Waals surface area contributed by atoms with E-state index in [1.807, 2.05) is 74.5 Å². The van der Waals surface area contributed by atoms with Crippen molar-refractivity contribution in [1.82, 2.24) is 41.7 Å². The van der Waals surface area contributed by atoms with Crippen molar-refractivity contribution in [2.24, 2.45) is 0 Å². The van der Waals surface area contributed by atoms with Crippen molar-refractivity contribution in [2.45, 2.75) is 140 Å². The largest absolute Gasteiger partial charge is 0.376 e. The van der Waals surface area contributed by atoms with E-state index >= 15 is 0 Å². The Labute approximate surface area is 431 Å². The zero-order valence-electron chi connectivity index (χ0n) is 43.5. The van der Waals surface area contributed by atoms with Crippen LogP contribution in [-0.4, -0.2) is 135 Å². The Morgan fingerprint density at radius 2 is 0.973 bits per heavy atom. The highest BCUT2D eigenvalue weighted by Gasteiger charge is 2.42. The monoisotopic (exact) mass is 997 g/mol. The van der Waals surface area contributed by atoms with Crippen molar-refractivity contribution in [3.8, 4) is 22.3 Å². The number of carbonyl (C=O) groups excluding carboxylic acids is 5. The molecule has 2 aliphatic carbocycles. The summed E-state index contributed by atoms with van der Waals surface area (Å²) in [4.78, 5) is 73.0. The van der Waals surface area contributed by atoms with Gasteiger partial charge in [0.05, 0.1) is 48.5 Å². The minimum absolute atomic E-state index is 0.0111. The first kappa shape index (κ1) is 53.3. The van der Waals surface area contributed by atoms with E-state index in [9.17, 15) is 24.0 Å². The van der Waals surface area contributed by atoms with Crippen molar-refractivity contribution in [1.29, 1.82) is 0 Å². The highest BCUT2D eigenvalue weighted by Crippen LogP contribution is 2.44. The molecule has 4 aromatic rings. The van der Waals surface area contributed by atoms with Gasteiger partial charge in [-0.2, -0.15) is 0 Å². The van der Waals surface area contributed by atoms with Gasteiger partial charge in [-0.1, -0.05) is 110 Å². The molecule has 15 heteroatoms. The van der Waals surface area contributed by atoms with Gasteiger partial charge in [0.25, 0.3) is 0 Å². The number of likely N-dealkylation sites (tertiary alicyclic amines) is 2. The lowest BCUT2D eigenvalue weighted by atomic mass is 10.0. The van der Waals surface area contributed by atoms with Crippen LogP contribution in [0.3, 0.4) is 0 Å². The minimum Gasteiger partial charge on any atom is -0.376 e. The molecule has 2 fully saturated rings. The van der Waals surface area contributed by atoms with Crippen LogP contribution in [0.25, 0.3) is 22.3 Å². The van der Waals surface area contributed by atoms with Crippen LogP contribution in [0.15, 0.2) is 97.1 Å². The van der Waals surface area contributed by atoms with Gasteiger partial charge in [-0.25, -0.2) is 0 Å². The number of unbranched alkanes of at least 4 members (excludes halogenated alkanes) is 3. The normalized spacial score (nSPS) is 19.7. The molecule has 0 aromatic heterocycles. The summed E-state index contributed by atoms with van der Waals surface area (Å²) < 4.78 is 12.7. The second-order valence-corrected chi connectivity index (χ2v) is 20.3. The van der Waals surface area contributed by atoms with Crippen molar-refractivity contribution >= 4 is 29.5 Å². The predicted molar refractivity (Wildman–Crippen MR) is 283 cm³/mol. The lowest BCUT2D eigenvalue weighted by molar-refractivity contribution is -0.145. The quantitative estimate of drug-likeness (QED) is 0.0472. The van der Waals surface area contributed by atoms with Gasteiger partial charge in [0, 0.05) is 26.3 Å². The number of likely N-dealkylation sites (N-methyl/N-ethyl adjacent to an activating group) is 2. The fourth-order valence-corrected chi connectivity index (χ4v) is 11.0. The number of benzene rings is 4. The molecule has 6 N–H and O–H groups in total. The molecule has 8 rings (SSSR count). The van der Waals surface area contributed by atoms with Gasteiger partial charge in [-0.3, -0.25) is 28.9 Å². The standard InChI is InChI=1S/C58H76N8O7/c1-36(59-5)54(67)61-48(35-65-31-19-29-49(65)56(69)63-52-44-25-13-9-21-40(44)41-22-10-14-26-45(41)52)38(3)72-33-17-7-8-18-34-73-39(4)51(62-55(68)37(2)60-6)58(71)66-32-20-30-50(66)57(70)64-53-46-27-15-11-23-42(46)43-24-12-16-28-47(43)53/h9-16,21-28,36-39,48-53,59-60H,7-8,17-20,29-35H2,1-6H3,(H,61,67)(H,62,68)(H,63,69)(H,64,70)/t36-,37-,38+,39+,48+,49-,50?,51-/m0/s1. The molecule has 4 aliphatic rings. The molecule has 5 amide bonds. The number of carbonyl (C=O) groups is 5. The average Bonchev–Trinajstić information content (AvgIpc) is 4.23. The number of rotatable bonds is 24. The lowest BCUT2D eigenvalue weighted by Gasteiger charge is -2.33. The Morgan fingerprint density at radius 3 is 1.47 bits per heavy atom. The number of amides is 5. The number of nitrogens with one attached hydrogen (secondary N) is 6. The van der Waals surface area contributed by atoms with Gasteiger partial charge in [0.1, 0.15) is 12.1 Å². The van der Waals surface area contributed by atoms with Gasteiger partial charge >= 0.3 is 0 Å². The summed E-state index contributed by atoms with van der Waals surface area (Å²) >= 11 is 0. The smallest absolute Gasteiger partial charge is 0.248 e. The fourth-order valence-electron chi connectivity index (χ4n) is 11.0. The molecule has 1 unspecified atom stereocenters. The van der Waals surface area contributed by atoms with Crippen LogP contribution in [0.2, 0.25) is 0 Å². The first-order chi connectivity index (χ1) is 35.4. The second-order valence-electron chi connectivity index (χ2n) is 20.3. The van der Waals surface area contributed by atoms with E-state index in [0.717, 1.165) is 89.6 Å². The predicted octanol–water partition coefficient (Wildman–Crippen LogP) is 5.77. The van der Waals surface area contributed by atoms with Crippen LogP contribution in [-0.2, 0) is 33.4 Å². The number of hydrogen-bond donors (Lipinski definition) is 6. The lowest BCUT2D eigenvalue weighted by Crippen LogP contribution is -2.59. The highest BCUT2D eigenvalue weighted by atomic mass is 16.5. The molecule has 8 atom stereocenters. The fraction of sp³-hybridized carbons (Fsp3) is 0.500. The molecule has 2 saturated heterocycles. The molecule has 0 spiro atoms. The van der Waals surface area contributed by atoms with Crippen molar-refractivity contribution in [3.63, 3.8) is 0 Å². The van der Waals surface area contributed by atoms with E-state index in [1.165, 1.54) is 0 Å². The molecule has 15 nitrogen and oxygen atoms in total. The third-order valence-corrected chi connectivity index (χ3v) is 15.6. The zero-order chi connectivity index (χ0) is 51.6. The number of ether oxygens (including phenoxy) is 2. The second kappa shape index (κ2) is 24.8. The van der Waals surface area contributed by atoms with Crippen molar-refractivity contribution < 1.29 is 33.4 Å². The Kier molecular flexibility index (Phi) is 18.1. The van der Waals surface area contributed by atoms with E-state index in [1.54, 1.807) is 32.8 Å². The van der Waals surface area contributed by atoms with Gasteiger partial charge in [0.15, 0.2) is 0 Å². The summed E-state index contributed by atoms with van der Waals surface area (Å²) in [5, 5.41) is 18.8. The summed E-state index contributed by atoms with van der Waals surface area (Å²) in [5.41, 5.74) is 8.74. The van der Waals surface area contributed by atoms with E-state index in [0.29, 0.717) is 39.1 Å². The molecular weight excluding hydrogens is 921 g/mol. The van der Waals surface area contributed by atoms with Crippen LogP contribution in [0.5, 0.6) is 0 Å². The van der Waals surface area contributed by atoms with Crippen LogP contribution in [0.1, 0.15) is 113 Å². The van der Waals surface area contributed by atoms with Gasteiger partial charge < -0.3 is 46.3 Å². The SMILES string of the molecule is CN[C@@H](C)C(=O)N[C@H](C(=O)N1CCCC1C(=O)NC1c2ccccc2-c2ccccc21)[C@@H](C)OCCCCCCO[C@H](C)[C@@H](CN1CCC[C@H]1C(=O)NC1c2ccccc2-c2ccccc21)NC(=O)[C@H](C)NC. The van der Waals surface area contributed by atoms with Crippen molar-refractivity contribution in [3.05, 3.63) is 119 Å². The number of fused-ring (bicyclic) bond motifs is 6. The molecule has 0 bridgehead atoms. The average molecular weight is 997 g/mol. The number of nitrogens with zero attached hydrogens (tertiary/aromatic N) is 2. The Bertz CT molecular complexity index is 2480. The van der Waals surface area contributed by atoms with Gasteiger partial charge in [0.2, 0.25) is 29.5 Å². The molecule has 73 heavy (non-hydrogen) atoms. The molecule has 0 saturated carbocycles. The molecule has 0 radical (unpaired) electrons. The Morgan fingerprint density at radius 1 is 0.548 bits per heavy atom. The maximum Gasteiger partial charge on any atom is 0.248 e. The first-order valence-corrected chi connectivity index (χ1v) is 26.6. The highest BCUT2D eigenvalue weighted by molar-refractivity contribution is 5.94. The number of hydrogen-bond acceptors (Lipinski definition) is 10. The van der Waals surface area contributed by atoms with Crippen molar-refractivity contribution in [2.75, 3.05) is 46.9 Å². The maximum atomic E-state index is 14.4. The summed E-state index contributed by atoms with van der Waals surface area (Å²) in [7, 11) is 3.45. The summed E-state index contributed by atoms with van der Waals surface area (Å²) in [6, 6.07) is 28.8. The van der Waals surface area contributed by atoms with Crippen LogP contribution in [0.4, 0.5) is 0 Å².